The summed E-state index contributed by atoms with van der Waals surface area (Å²) in [7, 11) is 0. The van der Waals surface area contributed by atoms with E-state index in [-0.39, 0.29) is 0 Å². The van der Waals surface area contributed by atoms with Crippen LogP contribution >= 0.6 is 31.9 Å². The third kappa shape index (κ3) is 2.34. The highest BCUT2D eigenvalue weighted by Crippen LogP contribution is 2.66. The summed E-state index contributed by atoms with van der Waals surface area (Å²) < 4.78 is 0. The van der Waals surface area contributed by atoms with Crippen molar-refractivity contribution in [2.75, 3.05) is 5.33 Å². The second-order valence-electron chi connectivity index (χ2n) is 8.55. The highest BCUT2D eigenvalue weighted by molar-refractivity contribution is 9.09. The molecule has 0 saturated heterocycles. The smallest absolute Gasteiger partial charge is 0.0208 e. The molecular weight excluding hydrogens is 400 g/mol. The highest BCUT2D eigenvalue weighted by atomic mass is 79.9. The van der Waals surface area contributed by atoms with Crippen LogP contribution in [-0.2, 0) is 0 Å². The molecule has 2 heteroatoms. The summed E-state index contributed by atoms with van der Waals surface area (Å²) in [5, 5.41) is 1.14. The molecule has 22 heavy (non-hydrogen) atoms. The zero-order valence-corrected chi connectivity index (χ0v) is 17.4. The van der Waals surface area contributed by atoms with Gasteiger partial charge in [0.1, 0.15) is 0 Å². The van der Waals surface area contributed by atoms with Gasteiger partial charge in [0, 0.05) is 10.2 Å². The molecule has 2 saturated carbocycles. The van der Waals surface area contributed by atoms with Gasteiger partial charge >= 0.3 is 0 Å². The summed E-state index contributed by atoms with van der Waals surface area (Å²) >= 11 is 7.98. The normalized spacial score (nSPS) is 48.2. The third-order valence-corrected chi connectivity index (χ3v) is 9.81. The van der Waals surface area contributed by atoms with Crippen LogP contribution in [0.3, 0.4) is 0 Å². The van der Waals surface area contributed by atoms with Crippen LogP contribution in [0.4, 0.5) is 0 Å². The lowest BCUT2D eigenvalue weighted by Gasteiger charge is -2.62. The standard InChI is InChI=1S/C20H30Br2/c1-13(2)15-6-5-7-16-18-14(3)8-9-17(22)19(18,4)10-11-20(15,16)12-21/h5,7,13,15-18H,3,6,8-12H2,1-2,4H3. The van der Waals surface area contributed by atoms with E-state index in [1.807, 2.05) is 0 Å². The van der Waals surface area contributed by atoms with E-state index < -0.39 is 0 Å². The monoisotopic (exact) mass is 428 g/mol. The number of allylic oxidation sites excluding steroid dienone is 3. The molecule has 3 aliphatic rings. The summed E-state index contributed by atoms with van der Waals surface area (Å²) in [5.74, 6) is 2.87. The summed E-state index contributed by atoms with van der Waals surface area (Å²) in [6, 6.07) is 0. The fourth-order valence-electron chi connectivity index (χ4n) is 5.97. The first-order valence-electron chi connectivity index (χ1n) is 8.91. The molecule has 0 radical (unpaired) electrons. The molecule has 0 N–H and O–H groups in total. The number of fused-ring (bicyclic) bond motifs is 3. The first-order chi connectivity index (χ1) is 10.4. The molecule has 0 heterocycles. The minimum Gasteiger partial charge on any atom is -0.0995 e. The molecule has 3 aliphatic carbocycles. The molecule has 6 unspecified atom stereocenters. The lowest BCUT2D eigenvalue weighted by Crippen LogP contribution is -2.57. The molecule has 3 rings (SSSR count). The van der Waals surface area contributed by atoms with Gasteiger partial charge in [0.05, 0.1) is 0 Å². The van der Waals surface area contributed by atoms with Crippen LogP contribution in [0, 0.1) is 34.5 Å². The Morgan fingerprint density at radius 3 is 2.73 bits per heavy atom. The quantitative estimate of drug-likeness (QED) is 0.336. The Morgan fingerprint density at radius 2 is 2.09 bits per heavy atom. The Hall–Kier alpha value is 0.440. The lowest BCUT2D eigenvalue weighted by molar-refractivity contribution is -0.0553. The number of alkyl halides is 2. The van der Waals surface area contributed by atoms with E-state index in [2.05, 4.69) is 71.4 Å². The van der Waals surface area contributed by atoms with Gasteiger partial charge in [-0.05, 0) is 66.6 Å². The first-order valence-corrected chi connectivity index (χ1v) is 10.9. The fourth-order valence-corrected chi connectivity index (χ4v) is 7.78. The zero-order valence-electron chi connectivity index (χ0n) is 14.2. The van der Waals surface area contributed by atoms with E-state index >= 15 is 0 Å². The minimum absolute atomic E-state index is 0.384. The van der Waals surface area contributed by atoms with Crippen LogP contribution in [-0.4, -0.2) is 10.2 Å². The van der Waals surface area contributed by atoms with Crippen molar-refractivity contribution in [3.63, 3.8) is 0 Å². The molecule has 2 fully saturated rings. The Labute approximate surface area is 153 Å². The van der Waals surface area contributed by atoms with E-state index in [0.717, 1.165) is 17.2 Å². The van der Waals surface area contributed by atoms with Crippen molar-refractivity contribution in [1.82, 2.24) is 0 Å². The fraction of sp³-hybridized carbons (Fsp3) is 0.800. The maximum absolute atomic E-state index is 4.53. The van der Waals surface area contributed by atoms with E-state index in [1.165, 1.54) is 37.7 Å². The predicted octanol–water partition coefficient (Wildman–Crippen LogP) is 6.75. The van der Waals surface area contributed by atoms with Gasteiger partial charge in [0.2, 0.25) is 0 Å². The SMILES string of the molecule is C=C1CCC(Br)C2(C)CCC3(CBr)C(C=CCC3C(C)C)C12. The Kier molecular flexibility index (Phi) is 4.76. The van der Waals surface area contributed by atoms with Gasteiger partial charge in [-0.25, -0.2) is 0 Å². The summed E-state index contributed by atoms with van der Waals surface area (Å²) in [6.45, 7) is 11.9. The van der Waals surface area contributed by atoms with Crippen LogP contribution in [0.25, 0.3) is 0 Å². The molecular formula is C20H30Br2. The Balaban J connectivity index is 2.07. The Morgan fingerprint density at radius 1 is 1.36 bits per heavy atom. The molecule has 0 nitrogen and oxygen atoms in total. The number of hydrogen-bond donors (Lipinski definition) is 0. The van der Waals surface area contributed by atoms with Crippen molar-refractivity contribution in [3.8, 4) is 0 Å². The van der Waals surface area contributed by atoms with Crippen LogP contribution in [0.15, 0.2) is 24.3 Å². The van der Waals surface area contributed by atoms with Crippen molar-refractivity contribution in [2.45, 2.75) is 57.7 Å². The van der Waals surface area contributed by atoms with Crippen molar-refractivity contribution >= 4 is 31.9 Å². The zero-order chi connectivity index (χ0) is 16.1. The van der Waals surface area contributed by atoms with E-state index in [0.29, 0.717) is 27.5 Å². The number of hydrogen-bond acceptors (Lipinski definition) is 0. The molecule has 0 bridgehead atoms. The van der Waals surface area contributed by atoms with Gasteiger partial charge in [0.25, 0.3) is 0 Å². The van der Waals surface area contributed by atoms with Crippen LogP contribution < -0.4 is 0 Å². The molecule has 0 aromatic rings. The second kappa shape index (κ2) is 6.06. The maximum atomic E-state index is 4.53. The second-order valence-corrected chi connectivity index (χ2v) is 10.2. The van der Waals surface area contributed by atoms with Gasteiger partial charge in [-0.15, -0.1) is 0 Å². The highest BCUT2D eigenvalue weighted by Gasteiger charge is 2.59. The molecule has 0 amide bonds. The molecule has 0 aliphatic heterocycles. The van der Waals surface area contributed by atoms with Crippen molar-refractivity contribution in [1.29, 1.82) is 0 Å². The largest absolute Gasteiger partial charge is 0.0995 e. The number of rotatable bonds is 2. The molecule has 6 atom stereocenters. The minimum atomic E-state index is 0.384. The van der Waals surface area contributed by atoms with Crippen LogP contribution in [0.2, 0.25) is 0 Å². The molecule has 0 spiro atoms. The van der Waals surface area contributed by atoms with Gasteiger partial charge in [-0.1, -0.05) is 76.9 Å². The topological polar surface area (TPSA) is 0 Å². The summed E-state index contributed by atoms with van der Waals surface area (Å²) in [5.41, 5.74) is 2.33. The number of halogens is 2. The van der Waals surface area contributed by atoms with Gasteiger partial charge in [0.15, 0.2) is 0 Å². The van der Waals surface area contributed by atoms with E-state index in [9.17, 15) is 0 Å². The molecule has 124 valence electrons. The lowest BCUT2D eigenvalue weighted by atomic mass is 9.44. The van der Waals surface area contributed by atoms with Crippen LogP contribution in [0.1, 0.15) is 52.9 Å². The van der Waals surface area contributed by atoms with Gasteiger partial charge in [-0.3, -0.25) is 0 Å². The van der Waals surface area contributed by atoms with E-state index in [1.54, 1.807) is 0 Å². The average molecular weight is 430 g/mol. The molecule has 0 aromatic carbocycles. The van der Waals surface area contributed by atoms with Crippen LogP contribution in [0.5, 0.6) is 0 Å². The van der Waals surface area contributed by atoms with E-state index in [4.69, 9.17) is 0 Å². The molecule has 0 aromatic heterocycles. The predicted molar refractivity (Wildman–Crippen MR) is 104 cm³/mol. The Bertz CT molecular complexity index is 480. The van der Waals surface area contributed by atoms with Crippen molar-refractivity contribution < 1.29 is 0 Å². The maximum Gasteiger partial charge on any atom is 0.0208 e. The average Bonchev–Trinajstić information content (AvgIpc) is 2.50. The first kappa shape index (κ1) is 17.3. The van der Waals surface area contributed by atoms with Crippen molar-refractivity contribution in [3.05, 3.63) is 24.3 Å². The van der Waals surface area contributed by atoms with Gasteiger partial charge < -0.3 is 0 Å². The summed E-state index contributed by atoms with van der Waals surface area (Å²) in [4.78, 5) is 0.650. The third-order valence-electron chi connectivity index (χ3n) is 7.26. The van der Waals surface area contributed by atoms with Crippen molar-refractivity contribution in [2.24, 2.45) is 34.5 Å². The summed E-state index contributed by atoms with van der Waals surface area (Å²) in [6.07, 6.45) is 11.5. The van der Waals surface area contributed by atoms with Gasteiger partial charge in [-0.2, -0.15) is 0 Å².